The number of nitrogens with zero attached hydrogens (tertiary/aromatic N) is 2. The number of anilines is 1. The first-order chi connectivity index (χ1) is 14.9. The van der Waals surface area contributed by atoms with Gasteiger partial charge in [0.15, 0.2) is 5.16 Å². The summed E-state index contributed by atoms with van der Waals surface area (Å²) in [6.45, 7) is 1.95. The number of para-hydroxylation sites is 1. The molecule has 0 aliphatic rings. The molecule has 0 aliphatic heterocycles. The molecular weight excluding hydrogens is 457 g/mol. The summed E-state index contributed by atoms with van der Waals surface area (Å²) >= 11 is 13.3. The van der Waals surface area contributed by atoms with Gasteiger partial charge in [-0.25, -0.2) is 4.98 Å². The van der Waals surface area contributed by atoms with Crippen molar-refractivity contribution >= 4 is 57.5 Å². The van der Waals surface area contributed by atoms with Crippen molar-refractivity contribution in [1.29, 1.82) is 0 Å². The first-order valence-electron chi connectivity index (χ1n) is 9.37. The second-order valence-corrected chi connectivity index (χ2v) is 8.91. The molecule has 0 saturated carbocycles. The molecule has 1 N–H and O–H groups in total. The van der Waals surface area contributed by atoms with Crippen LogP contribution in [0.25, 0.3) is 10.9 Å². The number of nitrogens with one attached hydrogen (secondary N) is 1. The number of amides is 1. The van der Waals surface area contributed by atoms with E-state index in [1.54, 1.807) is 61.7 Å². The van der Waals surface area contributed by atoms with Gasteiger partial charge < -0.3 is 9.73 Å². The maximum Gasteiger partial charge on any atom is 0.262 e. The van der Waals surface area contributed by atoms with E-state index in [0.29, 0.717) is 37.6 Å². The second kappa shape index (κ2) is 9.18. The summed E-state index contributed by atoms with van der Waals surface area (Å²) in [6, 6.07) is 15.5. The van der Waals surface area contributed by atoms with Crippen LogP contribution in [-0.2, 0) is 11.3 Å². The van der Waals surface area contributed by atoms with Crippen molar-refractivity contribution in [3.63, 3.8) is 0 Å². The van der Waals surface area contributed by atoms with E-state index >= 15 is 0 Å². The van der Waals surface area contributed by atoms with Crippen LogP contribution in [0.3, 0.4) is 0 Å². The number of hydrogen-bond acceptors (Lipinski definition) is 5. The molecule has 4 rings (SSSR count). The minimum atomic E-state index is -0.553. The van der Waals surface area contributed by atoms with Crippen LogP contribution in [0, 0.1) is 0 Å². The van der Waals surface area contributed by atoms with Crippen molar-refractivity contribution in [1.82, 2.24) is 9.55 Å². The third-order valence-electron chi connectivity index (χ3n) is 4.56. The molecule has 158 valence electrons. The fourth-order valence-corrected chi connectivity index (χ4v) is 4.34. The molecule has 0 unspecified atom stereocenters. The number of hydrogen-bond donors (Lipinski definition) is 1. The van der Waals surface area contributed by atoms with Crippen LogP contribution in [0.2, 0.25) is 10.0 Å². The van der Waals surface area contributed by atoms with Gasteiger partial charge in [0, 0.05) is 5.02 Å². The van der Waals surface area contributed by atoms with Crippen molar-refractivity contribution in [2.24, 2.45) is 0 Å². The predicted molar refractivity (Wildman–Crippen MR) is 124 cm³/mol. The summed E-state index contributed by atoms with van der Waals surface area (Å²) in [7, 11) is 0. The predicted octanol–water partition coefficient (Wildman–Crippen LogP) is 5.46. The number of fused-ring (bicyclic) bond motifs is 1. The lowest BCUT2D eigenvalue weighted by molar-refractivity contribution is -0.115. The third-order valence-corrected chi connectivity index (χ3v) is 6.20. The highest BCUT2D eigenvalue weighted by Gasteiger charge is 2.21. The fourth-order valence-electron chi connectivity index (χ4n) is 2.97. The van der Waals surface area contributed by atoms with Gasteiger partial charge in [-0.2, -0.15) is 0 Å². The number of aromatic nitrogens is 2. The minimum absolute atomic E-state index is 0.196. The summed E-state index contributed by atoms with van der Waals surface area (Å²) in [5.41, 5.74) is 0.833. The molecule has 6 nitrogen and oxygen atoms in total. The van der Waals surface area contributed by atoms with Crippen LogP contribution in [0.1, 0.15) is 12.7 Å². The topological polar surface area (TPSA) is 77.1 Å². The standard InChI is InChI=1S/C22H17Cl2N3O3S/c1-13(20(28)25-19-9-8-14(23)11-17(19)24)31-22-26-18-7-3-2-6-16(18)21(29)27(22)12-15-5-4-10-30-15/h2-11,13H,12H2,1H3,(H,25,28)/t13-/m0/s1. The SMILES string of the molecule is C[C@H](Sc1nc2ccccc2c(=O)n1Cc1ccco1)C(=O)Nc1ccc(Cl)cc1Cl. The van der Waals surface area contributed by atoms with Crippen LogP contribution in [0.15, 0.2) is 75.2 Å². The number of halogens is 2. The Morgan fingerprint density at radius 2 is 2.00 bits per heavy atom. The number of thioether (sulfide) groups is 1. The molecular formula is C22H17Cl2N3O3S. The summed E-state index contributed by atoms with van der Waals surface area (Å²) in [5, 5.41) is 3.99. The summed E-state index contributed by atoms with van der Waals surface area (Å²) in [5.74, 6) is 0.340. The van der Waals surface area contributed by atoms with Gasteiger partial charge >= 0.3 is 0 Å². The number of carbonyl (C=O) groups excluding carboxylic acids is 1. The maximum atomic E-state index is 13.1. The van der Waals surface area contributed by atoms with Crippen molar-refractivity contribution < 1.29 is 9.21 Å². The van der Waals surface area contributed by atoms with Gasteiger partial charge in [0.05, 0.1) is 39.7 Å². The van der Waals surface area contributed by atoms with E-state index in [1.165, 1.54) is 16.3 Å². The van der Waals surface area contributed by atoms with E-state index in [0.717, 1.165) is 0 Å². The van der Waals surface area contributed by atoms with Crippen LogP contribution in [-0.4, -0.2) is 20.7 Å². The van der Waals surface area contributed by atoms with E-state index in [-0.39, 0.29) is 18.0 Å². The molecule has 0 spiro atoms. The average Bonchev–Trinajstić information content (AvgIpc) is 3.26. The monoisotopic (exact) mass is 473 g/mol. The molecule has 31 heavy (non-hydrogen) atoms. The minimum Gasteiger partial charge on any atom is -0.467 e. The Hall–Kier alpha value is -2.74. The molecule has 0 fully saturated rings. The molecule has 0 bridgehead atoms. The smallest absolute Gasteiger partial charge is 0.262 e. The van der Waals surface area contributed by atoms with Crippen molar-refractivity contribution in [3.05, 3.63) is 87.0 Å². The Kier molecular flexibility index (Phi) is 6.36. The summed E-state index contributed by atoms with van der Waals surface area (Å²) in [6.07, 6.45) is 1.55. The van der Waals surface area contributed by atoms with E-state index in [2.05, 4.69) is 10.3 Å². The molecule has 0 saturated heterocycles. The van der Waals surface area contributed by atoms with Gasteiger partial charge in [0.2, 0.25) is 5.91 Å². The molecule has 2 aromatic carbocycles. The van der Waals surface area contributed by atoms with Gasteiger partial charge in [0.1, 0.15) is 5.76 Å². The van der Waals surface area contributed by atoms with Gasteiger partial charge in [-0.05, 0) is 49.4 Å². The number of rotatable bonds is 6. The Labute approximate surface area is 192 Å². The highest BCUT2D eigenvalue weighted by Crippen LogP contribution is 2.28. The zero-order valence-electron chi connectivity index (χ0n) is 16.3. The average molecular weight is 474 g/mol. The largest absolute Gasteiger partial charge is 0.467 e. The molecule has 2 heterocycles. The first-order valence-corrected chi connectivity index (χ1v) is 11.0. The number of furan rings is 1. The molecule has 1 amide bonds. The highest BCUT2D eigenvalue weighted by atomic mass is 35.5. The quantitative estimate of drug-likeness (QED) is 0.297. The third kappa shape index (κ3) is 4.79. The lowest BCUT2D eigenvalue weighted by Gasteiger charge is -2.16. The molecule has 4 aromatic rings. The van der Waals surface area contributed by atoms with Gasteiger partial charge in [-0.3, -0.25) is 14.2 Å². The fraction of sp³-hybridized carbons (Fsp3) is 0.136. The molecule has 2 aromatic heterocycles. The second-order valence-electron chi connectivity index (χ2n) is 6.76. The molecule has 0 radical (unpaired) electrons. The van der Waals surface area contributed by atoms with Crippen LogP contribution in [0.5, 0.6) is 0 Å². The Morgan fingerprint density at radius 1 is 1.19 bits per heavy atom. The van der Waals surface area contributed by atoms with Gasteiger partial charge in [-0.15, -0.1) is 0 Å². The van der Waals surface area contributed by atoms with E-state index in [9.17, 15) is 9.59 Å². The zero-order chi connectivity index (χ0) is 22.0. The lowest BCUT2D eigenvalue weighted by atomic mass is 10.2. The van der Waals surface area contributed by atoms with Crippen LogP contribution >= 0.6 is 35.0 Å². The van der Waals surface area contributed by atoms with Crippen molar-refractivity contribution in [3.8, 4) is 0 Å². The summed E-state index contributed by atoms with van der Waals surface area (Å²) in [4.78, 5) is 30.5. The zero-order valence-corrected chi connectivity index (χ0v) is 18.7. The molecule has 9 heteroatoms. The van der Waals surface area contributed by atoms with Crippen molar-refractivity contribution in [2.45, 2.75) is 23.9 Å². The van der Waals surface area contributed by atoms with E-state index < -0.39 is 5.25 Å². The Morgan fingerprint density at radius 3 is 2.74 bits per heavy atom. The number of benzene rings is 2. The van der Waals surface area contributed by atoms with E-state index in [4.69, 9.17) is 27.6 Å². The summed E-state index contributed by atoms with van der Waals surface area (Å²) < 4.78 is 6.93. The van der Waals surface area contributed by atoms with Crippen molar-refractivity contribution in [2.75, 3.05) is 5.32 Å². The normalized spacial score (nSPS) is 12.1. The Balaban J connectivity index is 1.64. The Bertz CT molecular complexity index is 1310. The first kappa shape index (κ1) is 21.5. The van der Waals surface area contributed by atoms with Gasteiger partial charge in [0.25, 0.3) is 5.56 Å². The lowest BCUT2D eigenvalue weighted by Crippen LogP contribution is -2.27. The molecule has 1 atom stereocenters. The van der Waals surface area contributed by atoms with E-state index in [1.807, 2.05) is 6.07 Å². The maximum absolute atomic E-state index is 13.1. The molecule has 0 aliphatic carbocycles. The van der Waals surface area contributed by atoms with Crippen LogP contribution < -0.4 is 10.9 Å². The van der Waals surface area contributed by atoms with Crippen LogP contribution in [0.4, 0.5) is 5.69 Å². The number of carbonyl (C=O) groups is 1. The van der Waals surface area contributed by atoms with Gasteiger partial charge in [-0.1, -0.05) is 47.1 Å². The highest BCUT2D eigenvalue weighted by molar-refractivity contribution is 8.00.